The number of aliphatic carboxylic acids is 1. The molecule has 202 valence electrons. The predicted molar refractivity (Wildman–Crippen MR) is 149 cm³/mol. The zero-order chi connectivity index (χ0) is 28.0. The van der Waals surface area contributed by atoms with Crippen LogP contribution in [0, 0.1) is 18.7 Å². The van der Waals surface area contributed by atoms with Crippen LogP contribution in [0.15, 0.2) is 60.7 Å². The first-order chi connectivity index (χ1) is 17.8. The van der Waals surface area contributed by atoms with Crippen LogP contribution in [0.1, 0.15) is 80.6 Å². The number of carbonyl (C=O) groups is 2. The van der Waals surface area contributed by atoms with Crippen molar-refractivity contribution in [3.63, 3.8) is 0 Å². The topological polar surface area (TPSA) is 75.6 Å². The van der Waals surface area contributed by atoms with Crippen molar-refractivity contribution in [1.82, 2.24) is 5.32 Å². The Labute approximate surface area is 225 Å². The maximum absolute atomic E-state index is 15.2. The molecule has 0 saturated carbocycles. The van der Waals surface area contributed by atoms with Gasteiger partial charge in [-0.25, -0.2) is 4.39 Å². The number of halogens is 1. The summed E-state index contributed by atoms with van der Waals surface area (Å²) in [6, 6.07) is 18.8. The second kappa shape index (κ2) is 12.2. The fourth-order valence-corrected chi connectivity index (χ4v) is 4.33. The van der Waals surface area contributed by atoms with Crippen LogP contribution in [0.2, 0.25) is 0 Å². The van der Waals surface area contributed by atoms with Crippen molar-refractivity contribution in [2.24, 2.45) is 5.92 Å². The molecule has 1 amide bonds. The highest BCUT2D eigenvalue weighted by Crippen LogP contribution is 2.34. The molecule has 0 bridgehead atoms. The van der Waals surface area contributed by atoms with Crippen molar-refractivity contribution >= 4 is 11.9 Å². The fourth-order valence-electron chi connectivity index (χ4n) is 4.33. The van der Waals surface area contributed by atoms with Crippen molar-refractivity contribution in [2.75, 3.05) is 6.54 Å². The molecule has 1 atom stereocenters. The van der Waals surface area contributed by atoms with E-state index in [0.29, 0.717) is 17.7 Å². The summed E-state index contributed by atoms with van der Waals surface area (Å²) < 4.78 is 21.5. The van der Waals surface area contributed by atoms with Gasteiger partial charge in [0.25, 0.3) is 5.91 Å². The summed E-state index contributed by atoms with van der Waals surface area (Å²) in [4.78, 5) is 22.9. The second-order valence-corrected chi connectivity index (χ2v) is 11.2. The summed E-state index contributed by atoms with van der Waals surface area (Å²) >= 11 is 0. The average molecular weight is 520 g/mol. The molecule has 3 rings (SSSR count). The molecule has 0 aliphatic carbocycles. The standard InChI is InChI=1S/C32H38FNO4/c1-20(2)17-29(27-13-9-23(19-28(27)33)31(37)34-16-15-30(35)36)38-25-12-14-26(21(3)18-25)22-7-10-24(11-8-22)32(4,5)6/h7-14,18-20,29H,15-17H2,1-6H3,(H,34,37)(H,35,36). The van der Waals surface area contributed by atoms with Crippen LogP contribution < -0.4 is 10.1 Å². The van der Waals surface area contributed by atoms with Crippen molar-refractivity contribution in [2.45, 2.75) is 65.9 Å². The molecular weight excluding hydrogens is 481 g/mol. The van der Waals surface area contributed by atoms with Gasteiger partial charge < -0.3 is 15.2 Å². The Hall–Kier alpha value is -3.67. The van der Waals surface area contributed by atoms with Crippen LogP contribution in [0.5, 0.6) is 5.75 Å². The van der Waals surface area contributed by atoms with E-state index in [1.165, 1.54) is 11.6 Å². The molecule has 3 aromatic carbocycles. The quantitative estimate of drug-likeness (QED) is 0.291. The minimum absolute atomic E-state index is 0.0211. The molecule has 0 fully saturated rings. The normalized spacial score (nSPS) is 12.3. The molecule has 0 aromatic heterocycles. The van der Waals surface area contributed by atoms with Gasteiger partial charge in [0.15, 0.2) is 0 Å². The van der Waals surface area contributed by atoms with E-state index in [1.807, 2.05) is 39.0 Å². The summed E-state index contributed by atoms with van der Waals surface area (Å²) in [6.07, 6.45) is -0.136. The Morgan fingerprint density at radius 3 is 2.24 bits per heavy atom. The van der Waals surface area contributed by atoms with Gasteiger partial charge in [-0.3, -0.25) is 9.59 Å². The number of rotatable bonds is 10. The summed E-state index contributed by atoms with van der Waals surface area (Å²) in [6.45, 7) is 12.7. The number of nitrogens with one attached hydrogen (secondary N) is 1. The highest BCUT2D eigenvalue weighted by Gasteiger charge is 2.21. The Kier molecular flexibility index (Phi) is 9.31. The summed E-state index contributed by atoms with van der Waals surface area (Å²) in [5.74, 6) is -1.16. The van der Waals surface area contributed by atoms with Gasteiger partial charge in [-0.15, -0.1) is 0 Å². The SMILES string of the molecule is Cc1cc(OC(CC(C)C)c2ccc(C(=O)NCCC(=O)O)cc2F)ccc1-c1ccc(C(C)(C)C)cc1. The molecule has 0 saturated heterocycles. The highest BCUT2D eigenvalue weighted by atomic mass is 19.1. The lowest BCUT2D eigenvalue weighted by Crippen LogP contribution is -2.26. The molecule has 0 spiro atoms. The van der Waals surface area contributed by atoms with E-state index in [2.05, 4.69) is 50.4 Å². The molecule has 3 aromatic rings. The molecule has 2 N–H and O–H groups in total. The van der Waals surface area contributed by atoms with Crippen LogP contribution in [-0.4, -0.2) is 23.5 Å². The summed E-state index contributed by atoms with van der Waals surface area (Å²) in [5, 5.41) is 11.2. The average Bonchev–Trinajstić information content (AvgIpc) is 2.82. The van der Waals surface area contributed by atoms with Crippen molar-refractivity contribution in [3.05, 3.63) is 88.7 Å². The molecule has 5 nitrogen and oxygen atoms in total. The maximum atomic E-state index is 15.2. The van der Waals surface area contributed by atoms with Gasteiger partial charge in [-0.1, -0.05) is 71.0 Å². The zero-order valence-corrected chi connectivity index (χ0v) is 23.1. The van der Waals surface area contributed by atoms with Crippen LogP contribution in [-0.2, 0) is 10.2 Å². The van der Waals surface area contributed by atoms with Gasteiger partial charge >= 0.3 is 5.97 Å². The molecule has 38 heavy (non-hydrogen) atoms. The number of hydrogen-bond donors (Lipinski definition) is 2. The minimum atomic E-state index is -1.01. The molecule has 0 aliphatic heterocycles. The second-order valence-electron chi connectivity index (χ2n) is 11.2. The van der Waals surface area contributed by atoms with Crippen LogP contribution in [0.25, 0.3) is 11.1 Å². The number of aryl methyl sites for hydroxylation is 1. The largest absolute Gasteiger partial charge is 0.486 e. The van der Waals surface area contributed by atoms with Crippen LogP contribution in [0.3, 0.4) is 0 Å². The number of amides is 1. The third kappa shape index (κ3) is 7.67. The number of carboxylic acid groups (broad SMARTS) is 1. The Bertz CT molecular complexity index is 1280. The van der Waals surface area contributed by atoms with E-state index in [1.54, 1.807) is 12.1 Å². The number of ether oxygens (including phenoxy) is 1. The fraction of sp³-hybridized carbons (Fsp3) is 0.375. The van der Waals surface area contributed by atoms with Gasteiger partial charge in [0.1, 0.15) is 17.7 Å². The summed E-state index contributed by atoms with van der Waals surface area (Å²) in [5.41, 5.74) is 5.18. The number of benzene rings is 3. The minimum Gasteiger partial charge on any atom is -0.486 e. The van der Waals surface area contributed by atoms with Crippen LogP contribution >= 0.6 is 0 Å². The maximum Gasteiger partial charge on any atom is 0.305 e. The first-order valence-corrected chi connectivity index (χ1v) is 13.0. The Morgan fingerprint density at radius 2 is 1.68 bits per heavy atom. The van der Waals surface area contributed by atoms with E-state index in [-0.39, 0.29) is 29.9 Å². The van der Waals surface area contributed by atoms with E-state index in [0.717, 1.165) is 16.7 Å². The number of hydrogen-bond acceptors (Lipinski definition) is 3. The van der Waals surface area contributed by atoms with Gasteiger partial charge in [-0.05, 0) is 71.2 Å². The zero-order valence-electron chi connectivity index (χ0n) is 23.1. The van der Waals surface area contributed by atoms with Crippen molar-refractivity contribution in [1.29, 1.82) is 0 Å². The predicted octanol–water partition coefficient (Wildman–Crippen LogP) is 7.47. The van der Waals surface area contributed by atoms with E-state index >= 15 is 4.39 Å². The lowest BCUT2D eigenvalue weighted by Gasteiger charge is -2.23. The van der Waals surface area contributed by atoms with Crippen molar-refractivity contribution < 1.29 is 23.8 Å². The monoisotopic (exact) mass is 519 g/mol. The van der Waals surface area contributed by atoms with Gasteiger partial charge in [-0.2, -0.15) is 0 Å². The Balaban J connectivity index is 1.80. The highest BCUT2D eigenvalue weighted by molar-refractivity contribution is 5.94. The lowest BCUT2D eigenvalue weighted by molar-refractivity contribution is -0.136. The van der Waals surface area contributed by atoms with Crippen molar-refractivity contribution in [3.8, 4) is 16.9 Å². The third-order valence-electron chi connectivity index (χ3n) is 6.46. The van der Waals surface area contributed by atoms with E-state index in [4.69, 9.17) is 9.84 Å². The summed E-state index contributed by atoms with van der Waals surface area (Å²) in [7, 11) is 0. The van der Waals surface area contributed by atoms with E-state index in [9.17, 15) is 9.59 Å². The molecule has 6 heteroatoms. The molecule has 0 aliphatic rings. The first-order valence-electron chi connectivity index (χ1n) is 13.0. The molecular formula is C32H38FNO4. The van der Waals surface area contributed by atoms with Gasteiger partial charge in [0, 0.05) is 17.7 Å². The van der Waals surface area contributed by atoms with Gasteiger partial charge in [0.2, 0.25) is 0 Å². The van der Waals surface area contributed by atoms with Gasteiger partial charge in [0.05, 0.1) is 6.42 Å². The molecule has 0 radical (unpaired) electrons. The third-order valence-corrected chi connectivity index (χ3v) is 6.46. The van der Waals surface area contributed by atoms with Crippen LogP contribution in [0.4, 0.5) is 4.39 Å². The smallest absolute Gasteiger partial charge is 0.305 e. The number of carboxylic acids is 1. The molecule has 1 unspecified atom stereocenters. The lowest BCUT2D eigenvalue weighted by atomic mass is 9.86. The van der Waals surface area contributed by atoms with E-state index < -0.39 is 23.8 Å². The Morgan fingerprint density at radius 1 is 1.00 bits per heavy atom. The number of carbonyl (C=O) groups excluding carboxylic acids is 1. The molecule has 0 heterocycles. The first kappa shape index (κ1) is 28.9.